The molecule has 5 nitrogen and oxygen atoms in total. The Morgan fingerprint density at radius 2 is 2.07 bits per heavy atom. The number of hydrogen-bond acceptors (Lipinski definition) is 5. The van der Waals surface area contributed by atoms with Crippen molar-refractivity contribution in [2.24, 2.45) is 29.1 Å². The van der Waals surface area contributed by atoms with E-state index in [-0.39, 0.29) is 41.2 Å². The van der Waals surface area contributed by atoms with Gasteiger partial charge in [0.15, 0.2) is 0 Å². The first-order valence-electron chi connectivity index (χ1n) is 11.2. The first-order valence-corrected chi connectivity index (χ1v) is 11.2. The Kier molecular flexibility index (Phi) is 5.56. The lowest BCUT2D eigenvalue weighted by atomic mass is 9.59. The zero-order valence-electron chi connectivity index (χ0n) is 17.6. The highest BCUT2D eigenvalue weighted by Gasteiger charge is 2.52. The van der Waals surface area contributed by atoms with E-state index in [2.05, 4.69) is 24.8 Å². The van der Waals surface area contributed by atoms with Gasteiger partial charge in [0.05, 0.1) is 18.4 Å². The molecule has 0 N–H and O–H groups in total. The second-order valence-electron chi connectivity index (χ2n) is 9.67. The summed E-state index contributed by atoms with van der Waals surface area (Å²) in [5.74, 6) is 0.713. The van der Waals surface area contributed by atoms with Crippen LogP contribution in [-0.4, -0.2) is 49.2 Å². The summed E-state index contributed by atoms with van der Waals surface area (Å²) in [6, 6.07) is 0. The van der Waals surface area contributed by atoms with Crippen LogP contribution in [0.15, 0.2) is 11.6 Å². The minimum absolute atomic E-state index is 0.0140. The molecule has 0 spiro atoms. The molecule has 0 amide bonds. The van der Waals surface area contributed by atoms with E-state index in [0.29, 0.717) is 12.5 Å². The number of esters is 2. The predicted octanol–water partition coefficient (Wildman–Crippen LogP) is 3.58. The second kappa shape index (κ2) is 7.81. The van der Waals surface area contributed by atoms with Crippen molar-refractivity contribution < 1.29 is 19.1 Å². The van der Waals surface area contributed by atoms with Gasteiger partial charge in [0.25, 0.3) is 0 Å². The smallest absolute Gasteiger partial charge is 0.311 e. The van der Waals surface area contributed by atoms with Gasteiger partial charge >= 0.3 is 11.9 Å². The van der Waals surface area contributed by atoms with Gasteiger partial charge in [-0.15, -0.1) is 0 Å². The molecule has 3 fully saturated rings. The van der Waals surface area contributed by atoms with E-state index in [0.717, 1.165) is 38.9 Å². The van der Waals surface area contributed by atoms with Crippen LogP contribution in [0.1, 0.15) is 59.3 Å². The molecule has 0 aromatic rings. The van der Waals surface area contributed by atoms with Gasteiger partial charge in [0.2, 0.25) is 0 Å². The standard InChI is InChI=1S/C23H35NO4/c1-4-27-21(25)16-7-10-24(11-8-16)14-18-17-12-19-15(2)6-5-9-23(19,3)13-20(17)28-22(18)26/h12,15-18,20H,4-11,13-14H2,1-3H3/t15-,17+,18?,20+,23+/m0/s1. The fourth-order valence-corrected chi connectivity index (χ4v) is 6.15. The Morgan fingerprint density at radius 3 is 2.79 bits per heavy atom. The molecule has 5 heteroatoms. The van der Waals surface area contributed by atoms with Gasteiger partial charge in [-0.25, -0.2) is 0 Å². The van der Waals surface area contributed by atoms with Gasteiger partial charge < -0.3 is 14.4 Å². The molecule has 28 heavy (non-hydrogen) atoms. The van der Waals surface area contributed by atoms with E-state index in [1.54, 1.807) is 5.57 Å². The monoisotopic (exact) mass is 389 g/mol. The molecule has 5 atom stereocenters. The highest BCUT2D eigenvalue weighted by atomic mass is 16.6. The fourth-order valence-electron chi connectivity index (χ4n) is 6.15. The SMILES string of the molecule is CCOC(=O)C1CCN(CC2C(=O)O[C@@H]3C[C@@]4(C)CCC[C@H](C)C4=C[C@H]23)CC1. The molecule has 2 aliphatic heterocycles. The average molecular weight is 390 g/mol. The van der Waals surface area contributed by atoms with E-state index < -0.39 is 0 Å². The quantitative estimate of drug-likeness (QED) is 0.543. The van der Waals surface area contributed by atoms with Crippen LogP contribution in [0.3, 0.4) is 0 Å². The third kappa shape index (κ3) is 3.62. The summed E-state index contributed by atoms with van der Waals surface area (Å²) in [4.78, 5) is 27.0. The molecule has 4 rings (SSSR count). The maximum Gasteiger partial charge on any atom is 0.311 e. The summed E-state index contributed by atoms with van der Waals surface area (Å²) in [6.07, 6.45) is 8.87. The van der Waals surface area contributed by atoms with Gasteiger partial charge in [-0.2, -0.15) is 0 Å². The lowest BCUT2D eigenvalue weighted by Crippen LogP contribution is -2.43. The van der Waals surface area contributed by atoms with E-state index >= 15 is 0 Å². The number of carbonyl (C=O) groups is 2. The number of hydrogen-bond donors (Lipinski definition) is 0. The first kappa shape index (κ1) is 19.9. The van der Waals surface area contributed by atoms with E-state index in [9.17, 15) is 9.59 Å². The van der Waals surface area contributed by atoms with Crippen LogP contribution in [0.25, 0.3) is 0 Å². The summed E-state index contributed by atoms with van der Waals surface area (Å²) in [7, 11) is 0. The summed E-state index contributed by atoms with van der Waals surface area (Å²) >= 11 is 0. The average Bonchev–Trinajstić information content (AvgIpc) is 2.95. The van der Waals surface area contributed by atoms with Gasteiger partial charge in [-0.05, 0) is 63.5 Å². The molecular weight excluding hydrogens is 354 g/mol. The van der Waals surface area contributed by atoms with Crippen LogP contribution in [0.4, 0.5) is 0 Å². The molecule has 156 valence electrons. The molecular formula is C23H35NO4. The molecule has 1 unspecified atom stereocenters. The van der Waals surface area contributed by atoms with Crippen molar-refractivity contribution in [3.8, 4) is 0 Å². The zero-order valence-corrected chi connectivity index (χ0v) is 17.6. The van der Waals surface area contributed by atoms with Crippen LogP contribution in [0.5, 0.6) is 0 Å². The fraction of sp³-hybridized carbons (Fsp3) is 0.826. The minimum atomic E-state index is -0.0647. The van der Waals surface area contributed by atoms with Crippen LogP contribution in [0.2, 0.25) is 0 Å². The van der Waals surface area contributed by atoms with E-state index in [4.69, 9.17) is 9.47 Å². The van der Waals surface area contributed by atoms with Gasteiger partial charge in [0, 0.05) is 12.5 Å². The van der Waals surface area contributed by atoms with E-state index in [1.807, 2.05) is 6.92 Å². The first-order chi connectivity index (χ1) is 13.4. The van der Waals surface area contributed by atoms with Gasteiger partial charge in [-0.1, -0.05) is 31.9 Å². The molecule has 0 aromatic carbocycles. The highest BCUT2D eigenvalue weighted by Crippen LogP contribution is 2.54. The van der Waals surface area contributed by atoms with Crippen LogP contribution >= 0.6 is 0 Å². The third-order valence-electron chi connectivity index (χ3n) is 7.74. The largest absolute Gasteiger partial charge is 0.466 e. The Bertz CT molecular complexity index is 651. The molecule has 0 bridgehead atoms. The van der Waals surface area contributed by atoms with Crippen molar-refractivity contribution in [2.45, 2.75) is 65.4 Å². The lowest BCUT2D eigenvalue weighted by molar-refractivity contribution is -0.150. The van der Waals surface area contributed by atoms with Crippen molar-refractivity contribution in [1.29, 1.82) is 0 Å². The number of piperidine rings is 1. The summed E-state index contributed by atoms with van der Waals surface area (Å²) < 4.78 is 11.0. The Balaban J connectivity index is 1.42. The summed E-state index contributed by atoms with van der Waals surface area (Å²) in [5, 5.41) is 0. The highest BCUT2D eigenvalue weighted by molar-refractivity contribution is 5.76. The van der Waals surface area contributed by atoms with Crippen LogP contribution in [-0.2, 0) is 19.1 Å². The minimum Gasteiger partial charge on any atom is -0.466 e. The number of likely N-dealkylation sites (tertiary alicyclic amines) is 1. The van der Waals surface area contributed by atoms with Crippen molar-refractivity contribution in [1.82, 2.24) is 4.90 Å². The molecule has 2 heterocycles. The molecule has 2 aliphatic carbocycles. The maximum atomic E-state index is 12.7. The predicted molar refractivity (Wildman–Crippen MR) is 106 cm³/mol. The van der Waals surface area contributed by atoms with Crippen molar-refractivity contribution in [2.75, 3.05) is 26.2 Å². The van der Waals surface area contributed by atoms with E-state index in [1.165, 1.54) is 19.3 Å². The molecule has 4 aliphatic rings. The molecule has 2 saturated heterocycles. The van der Waals surface area contributed by atoms with Gasteiger partial charge in [0.1, 0.15) is 6.10 Å². The lowest BCUT2D eigenvalue weighted by Gasteiger charge is -2.46. The zero-order chi connectivity index (χ0) is 19.9. The second-order valence-corrected chi connectivity index (χ2v) is 9.67. The Labute approximate surface area is 168 Å². The molecule has 0 radical (unpaired) electrons. The number of ether oxygens (including phenoxy) is 2. The summed E-state index contributed by atoms with van der Waals surface area (Å²) in [6.45, 7) is 9.48. The van der Waals surface area contributed by atoms with Crippen LogP contribution in [0, 0.1) is 29.1 Å². The van der Waals surface area contributed by atoms with Crippen molar-refractivity contribution >= 4 is 11.9 Å². The third-order valence-corrected chi connectivity index (χ3v) is 7.74. The Hall–Kier alpha value is -1.36. The number of nitrogens with zero attached hydrogens (tertiary/aromatic N) is 1. The van der Waals surface area contributed by atoms with Crippen molar-refractivity contribution in [3.63, 3.8) is 0 Å². The van der Waals surface area contributed by atoms with Crippen molar-refractivity contribution in [3.05, 3.63) is 11.6 Å². The molecule has 1 saturated carbocycles. The maximum absolute atomic E-state index is 12.7. The Morgan fingerprint density at radius 1 is 1.32 bits per heavy atom. The number of rotatable bonds is 4. The normalized spacial score (nSPS) is 39.0. The summed E-state index contributed by atoms with van der Waals surface area (Å²) in [5.41, 5.74) is 1.79. The number of fused-ring (bicyclic) bond motifs is 2. The van der Waals surface area contributed by atoms with Crippen LogP contribution < -0.4 is 0 Å². The number of carbonyl (C=O) groups excluding carboxylic acids is 2. The number of allylic oxidation sites excluding steroid dienone is 1. The molecule has 0 aromatic heterocycles. The topological polar surface area (TPSA) is 55.8 Å². The van der Waals surface area contributed by atoms with Gasteiger partial charge in [-0.3, -0.25) is 9.59 Å².